The SMILES string of the molecule is COc1ccc2c(C[C@H]([NH3+])C(=O)O)cc(=O)oc2c1.CS(=O)(=O)[O-]. The van der Waals surface area contributed by atoms with Crippen molar-refractivity contribution in [2.45, 2.75) is 12.5 Å². The summed E-state index contributed by atoms with van der Waals surface area (Å²) in [6.07, 6.45) is 0.775. The maximum Gasteiger partial charge on any atom is 0.362 e. The quantitative estimate of drug-likeness (QED) is 0.529. The molecule has 0 saturated heterocycles. The molecule has 1 aromatic heterocycles. The van der Waals surface area contributed by atoms with E-state index in [0.717, 1.165) is 0 Å². The second-order valence-electron chi connectivity index (χ2n) is 4.90. The Bertz CT molecular complexity index is 879. The Morgan fingerprint density at radius 3 is 2.50 bits per heavy atom. The normalized spacial score (nSPS) is 12.2. The van der Waals surface area contributed by atoms with Gasteiger partial charge in [0, 0.05) is 30.2 Å². The Morgan fingerprint density at radius 2 is 2.00 bits per heavy atom. The molecule has 1 heterocycles. The number of carbonyl (C=O) groups is 1. The van der Waals surface area contributed by atoms with E-state index in [1.165, 1.54) is 13.2 Å². The summed E-state index contributed by atoms with van der Waals surface area (Å²) in [4.78, 5) is 22.3. The molecule has 0 bridgehead atoms. The number of rotatable bonds is 4. The van der Waals surface area contributed by atoms with E-state index >= 15 is 0 Å². The van der Waals surface area contributed by atoms with Gasteiger partial charge < -0.3 is 24.5 Å². The van der Waals surface area contributed by atoms with Crippen molar-refractivity contribution in [3.63, 3.8) is 0 Å². The molecule has 9 nitrogen and oxygen atoms in total. The Hall–Kier alpha value is -2.43. The molecule has 0 saturated carbocycles. The molecule has 1 atom stereocenters. The predicted molar refractivity (Wildman–Crippen MR) is 82.7 cm³/mol. The van der Waals surface area contributed by atoms with Crippen molar-refractivity contribution in [3.8, 4) is 5.75 Å². The van der Waals surface area contributed by atoms with E-state index in [-0.39, 0.29) is 6.42 Å². The number of hydrogen-bond donors (Lipinski definition) is 2. The lowest BCUT2D eigenvalue weighted by Crippen LogP contribution is -2.66. The van der Waals surface area contributed by atoms with Crippen molar-refractivity contribution in [1.29, 1.82) is 0 Å². The van der Waals surface area contributed by atoms with Crippen molar-refractivity contribution < 1.29 is 37.8 Å². The number of aliphatic carboxylic acids is 1. The highest BCUT2D eigenvalue weighted by Gasteiger charge is 2.18. The van der Waals surface area contributed by atoms with Crippen LogP contribution in [0.4, 0.5) is 0 Å². The second kappa shape index (κ2) is 7.90. The number of benzene rings is 1. The number of methoxy groups -OCH3 is 1. The van der Waals surface area contributed by atoms with Crippen molar-refractivity contribution in [1.82, 2.24) is 0 Å². The Labute approximate surface area is 137 Å². The molecule has 0 aliphatic heterocycles. The number of quaternary nitrogens is 1. The van der Waals surface area contributed by atoms with Crippen LogP contribution in [0, 0.1) is 0 Å². The van der Waals surface area contributed by atoms with Gasteiger partial charge in [-0.1, -0.05) is 0 Å². The number of fused-ring (bicyclic) bond motifs is 1. The van der Waals surface area contributed by atoms with Crippen LogP contribution in [0.25, 0.3) is 11.0 Å². The van der Waals surface area contributed by atoms with Crippen molar-refractivity contribution in [2.75, 3.05) is 13.4 Å². The van der Waals surface area contributed by atoms with E-state index in [1.54, 1.807) is 18.2 Å². The van der Waals surface area contributed by atoms with Crippen LogP contribution in [0.15, 0.2) is 33.5 Å². The van der Waals surface area contributed by atoms with Gasteiger partial charge in [-0.05, 0) is 17.7 Å². The molecule has 0 aliphatic rings. The van der Waals surface area contributed by atoms with Gasteiger partial charge in [0.2, 0.25) is 0 Å². The largest absolute Gasteiger partial charge is 0.748 e. The third-order valence-corrected chi connectivity index (χ3v) is 2.85. The van der Waals surface area contributed by atoms with Crippen LogP contribution >= 0.6 is 0 Å². The summed E-state index contributed by atoms with van der Waals surface area (Å²) in [5, 5.41) is 9.57. The molecule has 10 heteroatoms. The van der Waals surface area contributed by atoms with Crippen LogP contribution in [0.2, 0.25) is 0 Å². The molecule has 0 fully saturated rings. The second-order valence-corrected chi connectivity index (χ2v) is 6.30. The maximum atomic E-state index is 11.5. The highest BCUT2D eigenvalue weighted by Crippen LogP contribution is 2.23. The van der Waals surface area contributed by atoms with Gasteiger partial charge in [0.1, 0.15) is 11.3 Å². The van der Waals surface area contributed by atoms with Crippen molar-refractivity contribution >= 4 is 27.1 Å². The Balaban J connectivity index is 0.000000505. The Morgan fingerprint density at radius 1 is 1.42 bits per heavy atom. The first-order chi connectivity index (χ1) is 11.0. The van der Waals surface area contributed by atoms with Gasteiger partial charge in [-0.25, -0.2) is 18.0 Å². The Kier molecular flexibility index (Phi) is 6.46. The fourth-order valence-corrected chi connectivity index (χ4v) is 1.86. The minimum atomic E-state index is -3.92. The first-order valence-electron chi connectivity index (χ1n) is 6.58. The summed E-state index contributed by atoms with van der Waals surface area (Å²) >= 11 is 0. The molecule has 1 aromatic carbocycles. The lowest BCUT2D eigenvalue weighted by atomic mass is 10.0. The van der Waals surface area contributed by atoms with Gasteiger partial charge >= 0.3 is 11.6 Å². The van der Waals surface area contributed by atoms with Crippen LogP contribution in [-0.2, 0) is 21.3 Å². The van der Waals surface area contributed by atoms with E-state index < -0.39 is 27.8 Å². The van der Waals surface area contributed by atoms with Gasteiger partial charge in [0.15, 0.2) is 6.04 Å². The number of hydrogen-bond acceptors (Lipinski definition) is 7. The summed E-state index contributed by atoms with van der Waals surface area (Å²) < 4.78 is 37.4. The molecule has 24 heavy (non-hydrogen) atoms. The van der Waals surface area contributed by atoms with E-state index in [1.807, 2.05) is 0 Å². The predicted octanol–water partition coefficient (Wildman–Crippen LogP) is -0.799. The molecule has 0 unspecified atom stereocenters. The smallest absolute Gasteiger partial charge is 0.362 e. The van der Waals surface area contributed by atoms with Crippen LogP contribution in [0.3, 0.4) is 0 Å². The molecule has 0 spiro atoms. The summed E-state index contributed by atoms with van der Waals surface area (Å²) in [6, 6.07) is 5.55. The zero-order valence-electron chi connectivity index (χ0n) is 13.0. The fraction of sp³-hybridized carbons (Fsp3) is 0.286. The first kappa shape index (κ1) is 19.6. The van der Waals surface area contributed by atoms with E-state index in [0.29, 0.717) is 28.5 Å². The minimum absolute atomic E-state index is 0.170. The number of ether oxygens (including phenoxy) is 1. The van der Waals surface area contributed by atoms with E-state index in [4.69, 9.17) is 27.2 Å². The zero-order valence-corrected chi connectivity index (χ0v) is 13.8. The lowest BCUT2D eigenvalue weighted by Gasteiger charge is -2.07. The third-order valence-electron chi connectivity index (χ3n) is 2.85. The third kappa shape index (κ3) is 6.36. The molecule has 0 radical (unpaired) electrons. The van der Waals surface area contributed by atoms with Gasteiger partial charge in [0.25, 0.3) is 0 Å². The molecule has 4 N–H and O–H groups in total. The van der Waals surface area contributed by atoms with Crippen molar-refractivity contribution in [2.24, 2.45) is 0 Å². The van der Waals surface area contributed by atoms with Crippen LogP contribution < -0.4 is 16.1 Å². The van der Waals surface area contributed by atoms with Crippen molar-refractivity contribution in [3.05, 3.63) is 40.2 Å². The van der Waals surface area contributed by atoms with Gasteiger partial charge in [-0.15, -0.1) is 0 Å². The topological polar surface area (TPSA) is 162 Å². The number of carboxylic acid groups (broad SMARTS) is 1. The summed E-state index contributed by atoms with van der Waals surface area (Å²) in [5.41, 5.74) is 4.01. The van der Waals surface area contributed by atoms with E-state index in [2.05, 4.69) is 5.73 Å². The molecule has 2 rings (SSSR count). The maximum absolute atomic E-state index is 11.5. The first-order valence-corrected chi connectivity index (χ1v) is 8.40. The summed E-state index contributed by atoms with van der Waals surface area (Å²) in [5.74, 6) is -0.438. The minimum Gasteiger partial charge on any atom is -0.748 e. The lowest BCUT2D eigenvalue weighted by molar-refractivity contribution is -0.407. The summed E-state index contributed by atoms with van der Waals surface area (Å²) in [7, 11) is -2.40. The molecule has 2 aromatic rings. The molecule has 0 aliphatic carbocycles. The monoisotopic (exact) mass is 359 g/mol. The van der Waals surface area contributed by atoms with Crippen LogP contribution in [-0.4, -0.2) is 43.5 Å². The molecule has 132 valence electrons. The average molecular weight is 359 g/mol. The number of carboxylic acids is 1. The molecular formula is C14H17NO8S. The zero-order chi connectivity index (χ0) is 18.5. The average Bonchev–Trinajstić information content (AvgIpc) is 2.44. The van der Waals surface area contributed by atoms with Gasteiger partial charge in [-0.2, -0.15) is 0 Å². The van der Waals surface area contributed by atoms with E-state index in [9.17, 15) is 9.59 Å². The van der Waals surface area contributed by atoms with Gasteiger partial charge in [-0.3, -0.25) is 0 Å². The van der Waals surface area contributed by atoms with Gasteiger partial charge in [0.05, 0.1) is 17.2 Å². The van der Waals surface area contributed by atoms with Crippen LogP contribution in [0.1, 0.15) is 5.56 Å². The standard InChI is InChI=1S/C13H13NO5.CH4O3S/c1-18-8-2-3-9-7(4-10(14)13(16)17)5-12(15)19-11(9)6-8;1-5(2,3)4/h2-3,5-6,10H,4,14H2,1H3,(H,16,17);1H3,(H,2,3,4)/t10-;/m0./s1. The molecular weight excluding hydrogens is 342 g/mol. The molecule has 0 amide bonds. The van der Waals surface area contributed by atoms with Crippen LogP contribution in [0.5, 0.6) is 5.75 Å². The fourth-order valence-electron chi connectivity index (χ4n) is 1.86. The highest BCUT2D eigenvalue weighted by molar-refractivity contribution is 7.84. The summed E-state index contributed by atoms with van der Waals surface area (Å²) in [6.45, 7) is 0. The highest BCUT2D eigenvalue weighted by atomic mass is 32.2.